The van der Waals surface area contributed by atoms with Crippen LogP contribution < -0.4 is 25.8 Å². The maximum Gasteiger partial charge on any atom is 0.272 e. The van der Waals surface area contributed by atoms with Gasteiger partial charge in [-0.3, -0.25) is 19.4 Å². The number of nitrogens with zero attached hydrogens (tertiary/aromatic N) is 4. The minimum absolute atomic E-state index is 0.0186. The first-order valence-electron chi connectivity index (χ1n) is 13.3. The highest BCUT2D eigenvalue weighted by atomic mass is 35.5. The molecule has 2 aromatic carbocycles. The molecule has 8 nitrogen and oxygen atoms in total. The van der Waals surface area contributed by atoms with Crippen LogP contribution in [0.15, 0.2) is 40.1 Å². The van der Waals surface area contributed by atoms with Gasteiger partial charge in [0.15, 0.2) is 5.75 Å². The predicted octanol–water partition coefficient (Wildman–Crippen LogP) is 4.44. The minimum Gasteiger partial charge on any atom is -0.491 e. The van der Waals surface area contributed by atoms with Gasteiger partial charge in [-0.2, -0.15) is 0 Å². The smallest absolute Gasteiger partial charge is 0.272 e. The van der Waals surface area contributed by atoms with Gasteiger partial charge in [-0.1, -0.05) is 36.2 Å². The fourth-order valence-electron chi connectivity index (χ4n) is 5.76. The summed E-state index contributed by atoms with van der Waals surface area (Å²) in [6.45, 7) is 7.20. The van der Waals surface area contributed by atoms with Crippen molar-refractivity contribution in [3.63, 3.8) is 0 Å². The molecule has 1 N–H and O–H groups in total. The van der Waals surface area contributed by atoms with Gasteiger partial charge in [-0.25, -0.2) is 9.37 Å². The molecule has 2 aliphatic rings. The molecule has 0 saturated carbocycles. The molecule has 0 bridgehead atoms. The van der Waals surface area contributed by atoms with Gasteiger partial charge in [0.2, 0.25) is 0 Å². The lowest BCUT2D eigenvalue weighted by Gasteiger charge is -2.47. The second-order valence-electron chi connectivity index (χ2n) is 10.2. The molecule has 5 rings (SSSR count). The lowest BCUT2D eigenvalue weighted by atomic mass is 9.97. The summed E-state index contributed by atoms with van der Waals surface area (Å²) in [5.41, 5.74) is 0.0755. The van der Waals surface area contributed by atoms with Gasteiger partial charge >= 0.3 is 0 Å². The lowest BCUT2D eigenvalue weighted by molar-refractivity contribution is 0.0607. The highest BCUT2D eigenvalue weighted by Crippen LogP contribution is 2.32. The van der Waals surface area contributed by atoms with Gasteiger partial charge < -0.3 is 15.0 Å². The van der Waals surface area contributed by atoms with Crippen molar-refractivity contribution in [1.82, 2.24) is 14.8 Å². The first-order chi connectivity index (χ1) is 18.8. The van der Waals surface area contributed by atoms with E-state index in [2.05, 4.69) is 31.9 Å². The molecular weight excluding hydrogens is 544 g/mol. The first kappa shape index (κ1) is 27.8. The molecule has 2 saturated heterocycles. The van der Waals surface area contributed by atoms with E-state index in [1.54, 1.807) is 24.4 Å². The summed E-state index contributed by atoms with van der Waals surface area (Å²) in [7, 11) is 1.35. The summed E-state index contributed by atoms with van der Waals surface area (Å²) in [4.78, 5) is 35.2. The quantitative estimate of drug-likeness (QED) is 0.395. The van der Waals surface area contributed by atoms with E-state index in [0.717, 1.165) is 52.0 Å². The van der Waals surface area contributed by atoms with Crippen molar-refractivity contribution in [2.24, 2.45) is 0 Å². The standard InChI is InChI=1S/C28H32Cl2FN5O3/c1-3-20-16-35(28-22(30)13-19(14-32-28)33-24-25(37)26(38)27(24)39-2)10-11-36(20)21-6-8-34(9-7-21)15-17-4-5-18(29)12-23(17)31/h4-5,12-14,20-21,33H,3,6-11,15-16H2,1-2H3/t20-/m0/s1. The Labute approximate surface area is 237 Å². The molecule has 0 spiro atoms. The van der Waals surface area contributed by atoms with Crippen LogP contribution in [0.4, 0.5) is 21.6 Å². The predicted molar refractivity (Wildman–Crippen MR) is 153 cm³/mol. The molecule has 1 atom stereocenters. The van der Waals surface area contributed by atoms with Gasteiger partial charge in [0, 0.05) is 48.8 Å². The second-order valence-corrected chi connectivity index (χ2v) is 11.1. The highest BCUT2D eigenvalue weighted by Gasteiger charge is 2.34. The average molecular weight is 577 g/mol. The number of anilines is 3. The summed E-state index contributed by atoms with van der Waals surface area (Å²) in [5.74, 6) is 0.480. The zero-order valence-electron chi connectivity index (χ0n) is 22.1. The fraction of sp³-hybridized carbons (Fsp3) is 0.464. The number of piperazine rings is 1. The normalized spacial score (nSPS) is 19.5. The zero-order valence-corrected chi connectivity index (χ0v) is 23.6. The van der Waals surface area contributed by atoms with Gasteiger partial charge in [-0.05, 0) is 50.6 Å². The van der Waals surface area contributed by atoms with Crippen molar-refractivity contribution < 1.29 is 9.13 Å². The largest absolute Gasteiger partial charge is 0.491 e. The molecule has 0 radical (unpaired) electrons. The third-order valence-electron chi connectivity index (χ3n) is 7.90. The Hall–Kier alpha value is -2.72. The van der Waals surface area contributed by atoms with Crippen molar-refractivity contribution in [3.05, 3.63) is 72.3 Å². The van der Waals surface area contributed by atoms with Crippen molar-refractivity contribution in [2.45, 2.75) is 44.8 Å². The maximum atomic E-state index is 14.3. The van der Waals surface area contributed by atoms with E-state index < -0.39 is 10.9 Å². The number of aromatic nitrogens is 1. The molecule has 0 aliphatic carbocycles. The Bertz CT molecular complexity index is 1400. The number of pyridine rings is 1. The molecule has 0 unspecified atom stereocenters. The van der Waals surface area contributed by atoms with Crippen LogP contribution in [0.1, 0.15) is 31.7 Å². The molecule has 2 aliphatic heterocycles. The SMILES string of the molecule is CC[C@H]1CN(c2ncc(Nc3c(OC)c(=O)c3=O)cc2Cl)CCN1C1CCN(Cc2ccc(Cl)cc2F)CC1. The third-order valence-corrected chi connectivity index (χ3v) is 8.41. The molecular formula is C28H32Cl2FN5O3. The molecule has 2 fully saturated rings. The summed E-state index contributed by atoms with van der Waals surface area (Å²) < 4.78 is 19.2. The van der Waals surface area contributed by atoms with E-state index in [-0.39, 0.29) is 17.3 Å². The number of nitrogens with one attached hydrogen (secondary N) is 1. The van der Waals surface area contributed by atoms with E-state index in [0.29, 0.717) is 45.7 Å². The molecule has 39 heavy (non-hydrogen) atoms. The van der Waals surface area contributed by atoms with Crippen molar-refractivity contribution in [3.8, 4) is 5.75 Å². The minimum atomic E-state index is -0.639. The van der Waals surface area contributed by atoms with Crippen LogP contribution in [-0.4, -0.2) is 66.7 Å². The fourth-order valence-corrected chi connectivity index (χ4v) is 6.21. The Kier molecular flexibility index (Phi) is 8.42. The zero-order chi connectivity index (χ0) is 27.7. The van der Waals surface area contributed by atoms with Gasteiger partial charge in [-0.15, -0.1) is 0 Å². The van der Waals surface area contributed by atoms with Gasteiger partial charge in [0.05, 0.1) is 24.0 Å². The number of halogens is 3. The molecule has 1 aromatic heterocycles. The van der Waals surface area contributed by atoms with Crippen LogP contribution in [0.3, 0.4) is 0 Å². The number of hydrogen-bond donors (Lipinski definition) is 1. The van der Waals surface area contributed by atoms with E-state index >= 15 is 0 Å². The van der Waals surface area contributed by atoms with Crippen molar-refractivity contribution in [2.75, 3.05) is 50.1 Å². The summed E-state index contributed by atoms with van der Waals surface area (Å²) >= 11 is 12.5. The third kappa shape index (κ3) is 5.77. The lowest BCUT2D eigenvalue weighted by Crippen LogP contribution is -2.58. The Morgan fingerprint density at radius 3 is 2.54 bits per heavy atom. The second kappa shape index (κ2) is 11.8. The average Bonchev–Trinajstić information content (AvgIpc) is 2.94. The number of methoxy groups -OCH3 is 1. The first-order valence-corrected chi connectivity index (χ1v) is 14.0. The van der Waals surface area contributed by atoms with Crippen LogP contribution in [0.25, 0.3) is 0 Å². The number of ether oxygens (including phenoxy) is 1. The summed E-state index contributed by atoms with van der Waals surface area (Å²) in [6.07, 6.45) is 4.72. The van der Waals surface area contributed by atoms with E-state index in [1.807, 2.05) is 0 Å². The Balaban J connectivity index is 1.18. The van der Waals surface area contributed by atoms with Gasteiger partial charge in [0.1, 0.15) is 17.3 Å². The van der Waals surface area contributed by atoms with Crippen LogP contribution in [0.2, 0.25) is 10.0 Å². The Morgan fingerprint density at radius 2 is 1.87 bits per heavy atom. The van der Waals surface area contributed by atoms with Crippen LogP contribution in [0.5, 0.6) is 5.75 Å². The molecule has 208 valence electrons. The van der Waals surface area contributed by atoms with Crippen molar-refractivity contribution in [1.29, 1.82) is 0 Å². The van der Waals surface area contributed by atoms with Crippen LogP contribution in [-0.2, 0) is 6.54 Å². The highest BCUT2D eigenvalue weighted by molar-refractivity contribution is 6.33. The van der Waals surface area contributed by atoms with Crippen molar-refractivity contribution >= 4 is 40.4 Å². The molecule has 3 aromatic rings. The summed E-state index contributed by atoms with van der Waals surface area (Å²) in [5, 5.41) is 3.80. The number of rotatable bonds is 8. The van der Waals surface area contributed by atoms with Crippen LogP contribution in [0, 0.1) is 5.82 Å². The topological polar surface area (TPSA) is 78.0 Å². The van der Waals surface area contributed by atoms with E-state index in [4.69, 9.17) is 27.9 Å². The van der Waals surface area contributed by atoms with E-state index in [1.165, 1.54) is 13.2 Å². The number of benzene rings is 1. The molecule has 11 heteroatoms. The monoisotopic (exact) mass is 575 g/mol. The molecule has 0 amide bonds. The number of likely N-dealkylation sites (tertiary alicyclic amines) is 1. The van der Waals surface area contributed by atoms with Gasteiger partial charge in [0.25, 0.3) is 10.9 Å². The number of hydrogen-bond acceptors (Lipinski definition) is 8. The summed E-state index contributed by atoms with van der Waals surface area (Å²) in [6, 6.07) is 7.48. The van der Waals surface area contributed by atoms with Crippen LogP contribution >= 0.6 is 23.2 Å². The van der Waals surface area contributed by atoms with E-state index in [9.17, 15) is 14.0 Å². The Morgan fingerprint density at radius 1 is 1.10 bits per heavy atom. The molecule has 3 heterocycles. The maximum absolute atomic E-state index is 14.3. The number of piperidine rings is 1.